The second-order valence-corrected chi connectivity index (χ2v) is 2.96. The van der Waals surface area contributed by atoms with Gasteiger partial charge in [0.25, 0.3) is 5.89 Å². The van der Waals surface area contributed by atoms with Crippen LogP contribution in [0.15, 0.2) is 22.8 Å². The summed E-state index contributed by atoms with van der Waals surface area (Å²) in [6.07, 6.45) is 5.14. The number of hydrogen-bond acceptors (Lipinski definition) is 3. The van der Waals surface area contributed by atoms with Gasteiger partial charge in [-0.2, -0.15) is 4.98 Å². The van der Waals surface area contributed by atoms with Gasteiger partial charge in [0.2, 0.25) is 0 Å². The van der Waals surface area contributed by atoms with Crippen molar-refractivity contribution in [2.45, 2.75) is 6.92 Å². The highest BCUT2D eigenvalue weighted by atomic mass is 35.5. The summed E-state index contributed by atoms with van der Waals surface area (Å²) < 4.78 is 4.83. The average Bonchev–Trinajstić information content (AvgIpc) is 2.52. The van der Waals surface area contributed by atoms with Crippen molar-refractivity contribution < 1.29 is 4.52 Å². The van der Waals surface area contributed by atoms with Crippen LogP contribution >= 0.6 is 23.2 Å². The van der Waals surface area contributed by atoms with Crippen molar-refractivity contribution in [3.8, 4) is 0 Å². The van der Waals surface area contributed by atoms with Gasteiger partial charge in [0.1, 0.15) is 5.03 Å². The van der Waals surface area contributed by atoms with Crippen molar-refractivity contribution >= 4 is 28.2 Å². The molecule has 0 saturated carbocycles. The molecule has 0 aliphatic carbocycles. The Morgan fingerprint density at radius 1 is 1.62 bits per heavy atom. The van der Waals surface area contributed by atoms with Gasteiger partial charge in [-0.25, -0.2) is 0 Å². The summed E-state index contributed by atoms with van der Waals surface area (Å²) in [4.78, 5) is 3.94. The van der Waals surface area contributed by atoms with Crippen LogP contribution in [0.25, 0.3) is 5.03 Å². The third-order valence-corrected chi connectivity index (χ3v) is 1.67. The van der Waals surface area contributed by atoms with Crippen LogP contribution in [0.1, 0.15) is 11.7 Å². The molecule has 1 rings (SSSR count). The molecule has 0 unspecified atom stereocenters. The number of nitrogens with zero attached hydrogens (tertiary/aromatic N) is 2. The van der Waals surface area contributed by atoms with E-state index in [1.54, 1.807) is 25.2 Å². The fourth-order valence-electron chi connectivity index (χ4n) is 0.669. The summed E-state index contributed by atoms with van der Waals surface area (Å²) in [6.45, 7) is 1.73. The lowest BCUT2D eigenvalue weighted by atomic mass is 10.4. The van der Waals surface area contributed by atoms with E-state index in [0.717, 1.165) is 0 Å². The molecular weight excluding hydrogens is 211 g/mol. The zero-order valence-electron chi connectivity index (χ0n) is 7.00. The van der Waals surface area contributed by atoms with Crippen LogP contribution in [0.2, 0.25) is 0 Å². The van der Waals surface area contributed by atoms with Crippen LogP contribution < -0.4 is 0 Å². The van der Waals surface area contributed by atoms with Crippen molar-refractivity contribution in [2.24, 2.45) is 0 Å². The van der Waals surface area contributed by atoms with Crippen LogP contribution in [0.3, 0.4) is 0 Å². The van der Waals surface area contributed by atoms with Crippen LogP contribution in [0.5, 0.6) is 0 Å². The first-order chi connectivity index (χ1) is 6.24. The van der Waals surface area contributed by atoms with Gasteiger partial charge in [0, 0.05) is 5.88 Å². The van der Waals surface area contributed by atoms with Crippen molar-refractivity contribution in [2.75, 3.05) is 5.88 Å². The number of halogens is 2. The minimum atomic E-state index is 0.318. The van der Waals surface area contributed by atoms with Gasteiger partial charge in [-0.3, -0.25) is 0 Å². The van der Waals surface area contributed by atoms with Crippen molar-refractivity contribution in [1.29, 1.82) is 0 Å². The van der Waals surface area contributed by atoms with E-state index in [9.17, 15) is 0 Å². The number of aryl methyl sites for hydroxylation is 1. The van der Waals surface area contributed by atoms with E-state index in [4.69, 9.17) is 27.7 Å². The number of alkyl halides is 1. The number of allylic oxidation sites excluding steroid dienone is 3. The van der Waals surface area contributed by atoms with E-state index in [2.05, 4.69) is 10.1 Å². The average molecular weight is 219 g/mol. The molecule has 3 nitrogen and oxygen atoms in total. The number of rotatable bonds is 3. The quantitative estimate of drug-likeness (QED) is 0.579. The van der Waals surface area contributed by atoms with Gasteiger partial charge in [0.05, 0.1) is 0 Å². The first kappa shape index (κ1) is 10.3. The Bertz CT molecular complexity index is 331. The maximum Gasteiger partial charge on any atom is 0.269 e. The molecule has 0 spiro atoms. The Hall–Kier alpha value is -0.800. The van der Waals surface area contributed by atoms with E-state index in [0.29, 0.717) is 22.6 Å². The number of hydrogen-bond donors (Lipinski definition) is 0. The smallest absolute Gasteiger partial charge is 0.269 e. The molecule has 5 heteroatoms. The minimum Gasteiger partial charge on any atom is -0.333 e. The molecule has 0 N–H and O–H groups in total. The number of aromatic nitrogens is 2. The molecule has 13 heavy (non-hydrogen) atoms. The molecule has 0 amide bonds. The lowest BCUT2D eigenvalue weighted by Gasteiger charge is -1.85. The van der Waals surface area contributed by atoms with Crippen LogP contribution in [0.4, 0.5) is 0 Å². The van der Waals surface area contributed by atoms with Gasteiger partial charge < -0.3 is 4.52 Å². The van der Waals surface area contributed by atoms with Crippen LogP contribution in [0, 0.1) is 6.92 Å². The maximum absolute atomic E-state index is 5.83. The molecule has 1 heterocycles. The van der Waals surface area contributed by atoms with Crippen LogP contribution in [-0.2, 0) is 0 Å². The molecule has 0 aliphatic heterocycles. The Balaban J connectivity index is 2.72. The standard InChI is InChI=1S/C8H8Cl2N2O/c1-6-11-8(13-12-6)7(10)4-2-3-5-9/h2-4H,5H2,1H3/b3-2+,7-4-. The van der Waals surface area contributed by atoms with Crippen molar-refractivity contribution in [1.82, 2.24) is 10.1 Å². The summed E-state index contributed by atoms with van der Waals surface area (Å²) in [6, 6.07) is 0. The molecule has 0 fully saturated rings. The molecule has 0 radical (unpaired) electrons. The highest BCUT2D eigenvalue weighted by molar-refractivity contribution is 6.48. The molecule has 0 bridgehead atoms. The Morgan fingerprint density at radius 2 is 2.38 bits per heavy atom. The molecule has 0 saturated heterocycles. The zero-order valence-corrected chi connectivity index (χ0v) is 8.51. The lowest BCUT2D eigenvalue weighted by molar-refractivity contribution is 0.404. The SMILES string of the molecule is Cc1noc(/C(Cl)=C/C=C/CCl)n1. The summed E-state index contributed by atoms with van der Waals surface area (Å²) >= 11 is 11.3. The first-order valence-corrected chi connectivity index (χ1v) is 4.54. The van der Waals surface area contributed by atoms with E-state index < -0.39 is 0 Å². The molecule has 0 atom stereocenters. The second-order valence-electron chi connectivity index (χ2n) is 2.24. The molecule has 1 aromatic heterocycles. The Kier molecular flexibility index (Phi) is 3.99. The Labute approximate surface area is 86.0 Å². The third-order valence-electron chi connectivity index (χ3n) is 1.20. The van der Waals surface area contributed by atoms with E-state index in [-0.39, 0.29) is 0 Å². The maximum atomic E-state index is 5.83. The lowest BCUT2D eigenvalue weighted by Crippen LogP contribution is -1.76. The van der Waals surface area contributed by atoms with Crippen LogP contribution in [-0.4, -0.2) is 16.0 Å². The fourth-order valence-corrected chi connectivity index (χ4v) is 0.922. The topological polar surface area (TPSA) is 38.9 Å². The largest absolute Gasteiger partial charge is 0.333 e. The predicted molar refractivity (Wildman–Crippen MR) is 52.7 cm³/mol. The van der Waals surface area contributed by atoms with Gasteiger partial charge in [0.15, 0.2) is 5.82 Å². The summed E-state index contributed by atoms with van der Waals surface area (Å²) in [5.41, 5.74) is 0. The van der Waals surface area contributed by atoms with Crippen molar-refractivity contribution in [3.05, 3.63) is 29.9 Å². The molecule has 1 aromatic rings. The van der Waals surface area contributed by atoms with E-state index in [1.807, 2.05) is 0 Å². The van der Waals surface area contributed by atoms with Crippen molar-refractivity contribution in [3.63, 3.8) is 0 Å². The minimum absolute atomic E-state index is 0.318. The molecular formula is C8H8Cl2N2O. The predicted octanol–water partition coefficient (Wildman–Crippen LogP) is 2.75. The van der Waals surface area contributed by atoms with Gasteiger partial charge >= 0.3 is 0 Å². The van der Waals surface area contributed by atoms with Gasteiger partial charge in [-0.15, -0.1) is 11.6 Å². The van der Waals surface area contributed by atoms with Gasteiger partial charge in [-0.1, -0.05) is 28.9 Å². The normalized spacial score (nSPS) is 12.7. The van der Waals surface area contributed by atoms with E-state index in [1.165, 1.54) is 0 Å². The van der Waals surface area contributed by atoms with Gasteiger partial charge in [-0.05, 0) is 13.0 Å². The van der Waals surface area contributed by atoms with E-state index >= 15 is 0 Å². The third kappa shape index (κ3) is 3.20. The highest BCUT2D eigenvalue weighted by Crippen LogP contribution is 2.16. The molecule has 70 valence electrons. The molecule has 0 aromatic carbocycles. The Morgan fingerprint density at radius 3 is 2.92 bits per heavy atom. The summed E-state index contributed by atoms with van der Waals surface area (Å²) in [5.74, 6) is 1.32. The highest BCUT2D eigenvalue weighted by Gasteiger charge is 2.04. The summed E-state index contributed by atoms with van der Waals surface area (Å²) in [5, 5.41) is 4.01. The molecule has 0 aliphatic rings. The fraction of sp³-hybridized carbons (Fsp3) is 0.250. The first-order valence-electron chi connectivity index (χ1n) is 3.63. The second kappa shape index (κ2) is 5.04. The summed E-state index contributed by atoms with van der Waals surface area (Å²) in [7, 11) is 0. The zero-order chi connectivity index (χ0) is 9.68. The monoisotopic (exact) mass is 218 g/mol.